The highest BCUT2D eigenvalue weighted by Crippen LogP contribution is 2.38. The molecule has 0 saturated heterocycles. The zero-order valence-corrected chi connectivity index (χ0v) is 8.43. The van der Waals surface area contributed by atoms with Crippen LogP contribution in [-0.4, -0.2) is 28.6 Å². The normalized spacial score (nSPS) is 28.5. The molecule has 0 radical (unpaired) electrons. The van der Waals surface area contributed by atoms with Crippen molar-refractivity contribution in [2.24, 2.45) is 0 Å². The van der Waals surface area contributed by atoms with Crippen LogP contribution in [0.3, 0.4) is 0 Å². The van der Waals surface area contributed by atoms with E-state index < -0.39 is 23.5 Å². The fraction of sp³-hybridized carbons (Fsp3) is 0.900. The maximum absolute atomic E-state index is 12.5. The lowest BCUT2D eigenvalue weighted by atomic mass is 9.87. The van der Waals surface area contributed by atoms with Gasteiger partial charge in [0.05, 0.1) is 0 Å². The van der Waals surface area contributed by atoms with E-state index in [2.05, 4.69) is 5.32 Å². The summed E-state index contributed by atoms with van der Waals surface area (Å²) in [6.07, 6.45) is 1.95. The number of hydrogen-bond donors (Lipinski definition) is 2. The molecular formula is C10H15F2NO2. The van der Waals surface area contributed by atoms with Crippen LogP contribution < -0.4 is 5.32 Å². The van der Waals surface area contributed by atoms with Gasteiger partial charge in [-0.25, -0.2) is 8.78 Å². The maximum atomic E-state index is 12.5. The van der Waals surface area contributed by atoms with Crippen LogP contribution in [0, 0.1) is 0 Å². The molecule has 0 aliphatic heterocycles. The van der Waals surface area contributed by atoms with Crippen molar-refractivity contribution in [3.63, 3.8) is 0 Å². The van der Waals surface area contributed by atoms with Crippen LogP contribution >= 0.6 is 0 Å². The number of rotatable bonds is 2. The summed E-state index contributed by atoms with van der Waals surface area (Å²) >= 11 is 0. The van der Waals surface area contributed by atoms with Gasteiger partial charge in [-0.1, -0.05) is 0 Å². The zero-order valence-electron chi connectivity index (χ0n) is 8.43. The molecule has 0 unspecified atom stereocenters. The minimum absolute atomic E-state index is 0.297. The summed E-state index contributed by atoms with van der Waals surface area (Å²) in [6.45, 7) is 0. The Morgan fingerprint density at radius 3 is 2.27 bits per heavy atom. The number of aliphatic hydroxyl groups is 1. The smallest absolute Gasteiger partial charge is 0.252 e. The predicted octanol–water partition coefficient (Wildman–Crippen LogP) is 1.21. The lowest BCUT2D eigenvalue weighted by Crippen LogP contribution is -2.55. The highest BCUT2D eigenvalue weighted by molar-refractivity contribution is 5.85. The van der Waals surface area contributed by atoms with Crippen LogP contribution in [0.1, 0.15) is 38.5 Å². The van der Waals surface area contributed by atoms with E-state index in [9.17, 15) is 18.7 Å². The van der Waals surface area contributed by atoms with E-state index in [1.54, 1.807) is 0 Å². The first-order chi connectivity index (χ1) is 6.91. The summed E-state index contributed by atoms with van der Waals surface area (Å²) < 4.78 is 25.0. The number of alkyl halides is 2. The monoisotopic (exact) mass is 219 g/mol. The summed E-state index contributed by atoms with van der Waals surface area (Å²) in [7, 11) is 0. The third kappa shape index (κ3) is 2.12. The summed E-state index contributed by atoms with van der Waals surface area (Å²) in [5.74, 6) is -3.10. The van der Waals surface area contributed by atoms with E-state index in [0.717, 1.165) is 12.8 Å². The first-order valence-corrected chi connectivity index (χ1v) is 5.33. The van der Waals surface area contributed by atoms with Gasteiger partial charge < -0.3 is 10.4 Å². The molecule has 0 aromatic heterocycles. The van der Waals surface area contributed by atoms with Crippen molar-refractivity contribution in [3.05, 3.63) is 0 Å². The Morgan fingerprint density at radius 2 is 1.80 bits per heavy atom. The Kier molecular flexibility index (Phi) is 2.45. The molecule has 0 heterocycles. The molecule has 2 N–H and O–H groups in total. The van der Waals surface area contributed by atoms with Crippen LogP contribution in [0.4, 0.5) is 8.78 Å². The molecular weight excluding hydrogens is 204 g/mol. The van der Waals surface area contributed by atoms with Gasteiger partial charge in [-0.3, -0.25) is 4.79 Å². The maximum Gasteiger partial charge on any atom is 0.252 e. The van der Waals surface area contributed by atoms with E-state index >= 15 is 0 Å². The second-order valence-electron chi connectivity index (χ2n) is 4.67. The molecule has 2 saturated carbocycles. The molecule has 0 aromatic carbocycles. The fourth-order valence-corrected chi connectivity index (χ4v) is 2.27. The van der Waals surface area contributed by atoms with Gasteiger partial charge in [0, 0.05) is 18.9 Å². The fourth-order valence-electron chi connectivity index (χ4n) is 2.27. The molecule has 0 atom stereocenters. The van der Waals surface area contributed by atoms with Crippen LogP contribution in [0.15, 0.2) is 0 Å². The second kappa shape index (κ2) is 3.40. The zero-order chi connectivity index (χ0) is 11.1. The number of nitrogens with one attached hydrogen (secondary N) is 1. The third-order valence-corrected chi connectivity index (χ3v) is 3.28. The summed E-state index contributed by atoms with van der Waals surface area (Å²) in [4.78, 5) is 11.6. The Hall–Kier alpha value is -0.710. The summed E-state index contributed by atoms with van der Waals surface area (Å²) in [5.41, 5.74) is -1.30. The van der Waals surface area contributed by atoms with Crippen molar-refractivity contribution in [2.75, 3.05) is 0 Å². The molecule has 5 heteroatoms. The van der Waals surface area contributed by atoms with Crippen molar-refractivity contribution in [1.29, 1.82) is 0 Å². The van der Waals surface area contributed by atoms with Crippen molar-refractivity contribution < 1.29 is 18.7 Å². The highest BCUT2D eigenvalue weighted by atomic mass is 19.3. The van der Waals surface area contributed by atoms with E-state index in [0.29, 0.717) is 12.8 Å². The number of halogens is 2. The quantitative estimate of drug-likeness (QED) is 0.733. The lowest BCUT2D eigenvalue weighted by Gasteiger charge is -2.37. The summed E-state index contributed by atoms with van der Waals surface area (Å²) in [6, 6.07) is -0.461. The molecule has 1 amide bonds. The topological polar surface area (TPSA) is 49.3 Å². The molecule has 15 heavy (non-hydrogen) atoms. The van der Waals surface area contributed by atoms with E-state index in [1.165, 1.54) is 0 Å². The predicted molar refractivity (Wildman–Crippen MR) is 49.5 cm³/mol. The standard InChI is InChI=1S/C10H15F2NO2/c11-10(12)5-7(6-10)13-8(14)9(15)3-1-2-4-9/h7,15H,1-6H2,(H,13,14). The van der Waals surface area contributed by atoms with Crippen molar-refractivity contribution in [2.45, 2.75) is 56.1 Å². The first-order valence-electron chi connectivity index (χ1n) is 5.33. The Labute approximate surface area is 86.8 Å². The minimum Gasteiger partial charge on any atom is -0.380 e. The number of carbonyl (C=O) groups is 1. The molecule has 0 aromatic rings. The van der Waals surface area contributed by atoms with E-state index in [-0.39, 0.29) is 12.8 Å². The van der Waals surface area contributed by atoms with Gasteiger partial charge in [-0.2, -0.15) is 0 Å². The van der Waals surface area contributed by atoms with E-state index in [4.69, 9.17) is 0 Å². The number of amides is 1. The molecule has 2 fully saturated rings. The van der Waals surface area contributed by atoms with Gasteiger partial charge in [-0.15, -0.1) is 0 Å². The second-order valence-corrected chi connectivity index (χ2v) is 4.67. The van der Waals surface area contributed by atoms with Crippen LogP contribution in [0.5, 0.6) is 0 Å². The molecule has 2 rings (SSSR count). The molecule has 2 aliphatic rings. The Morgan fingerprint density at radius 1 is 1.27 bits per heavy atom. The third-order valence-electron chi connectivity index (χ3n) is 3.28. The highest BCUT2D eigenvalue weighted by Gasteiger charge is 2.48. The van der Waals surface area contributed by atoms with Gasteiger partial charge in [0.15, 0.2) is 0 Å². The Bertz CT molecular complexity index is 267. The average Bonchev–Trinajstić information content (AvgIpc) is 2.50. The van der Waals surface area contributed by atoms with Crippen molar-refractivity contribution in [1.82, 2.24) is 5.32 Å². The van der Waals surface area contributed by atoms with Gasteiger partial charge >= 0.3 is 0 Å². The molecule has 0 spiro atoms. The van der Waals surface area contributed by atoms with Crippen molar-refractivity contribution in [3.8, 4) is 0 Å². The molecule has 3 nitrogen and oxygen atoms in total. The molecule has 0 bridgehead atoms. The van der Waals surface area contributed by atoms with Gasteiger partial charge in [0.1, 0.15) is 5.60 Å². The van der Waals surface area contributed by atoms with Crippen LogP contribution in [0.2, 0.25) is 0 Å². The largest absolute Gasteiger partial charge is 0.380 e. The Balaban J connectivity index is 1.83. The average molecular weight is 219 g/mol. The molecule has 86 valence electrons. The van der Waals surface area contributed by atoms with Crippen LogP contribution in [-0.2, 0) is 4.79 Å². The number of carbonyl (C=O) groups excluding carboxylic acids is 1. The minimum atomic E-state index is -2.63. The summed E-state index contributed by atoms with van der Waals surface area (Å²) in [5, 5.41) is 12.3. The lowest BCUT2D eigenvalue weighted by molar-refractivity contribution is -0.145. The SMILES string of the molecule is O=C(NC1CC(F)(F)C1)C1(O)CCCC1. The van der Waals surface area contributed by atoms with Crippen molar-refractivity contribution >= 4 is 5.91 Å². The first kappa shape index (κ1) is 10.8. The number of hydrogen-bond acceptors (Lipinski definition) is 2. The van der Waals surface area contributed by atoms with E-state index in [1.807, 2.05) is 0 Å². The van der Waals surface area contributed by atoms with Gasteiger partial charge in [0.2, 0.25) is 0 Å². The van der Waals surface area contributed by atoms with Gasteiger partial charge in [0.25, 0.3) is 11.8 Å². The van der Waals surface area contributed by atoms with Crippen LogP contribution in [0.25, 0.3) is 0 Å². The van der Waals surface area contributed by atoms with Gasteiger partial charge in [-0.05, 0) is 25.7 Å². The molecule has 2 aliphatic carbocycles.